The second-order valence-electron chi connectivity index (χ2n) is 7.69. The summed E-state index contributed by atoms with van der Waals surface area (Å²) in [4.78, 5) is 17.7. The van der Waals surface area contributed by atoms with E-state index in [9.17, 15) is 4.79 Å². The molecule has 158 valence electrons. The topological polar surface area (TPSA) is 38.8 Å². The molecule has 1 rings (SSSR count). The van der Waals surface area contributed by atoms with Crippen LogP contribution in [0, 0.1) is 94.7 Å². The summed E-state index contributed by atoms with van der Waals surface area (Å²) in [5.41, 5.74) is -0.775. The summed E-state index contributed by atoms with van der Waals surface area (Å²) < 4.78 is 5.52. The monoisotopic (exact) mass is 421 g/mol. The van der Waals surface area contributed by atoms with Gasteiger partial charge < -0.3 is 9.57 Å². The van der Waals surface area contributed by atoms with Crippen molar-refractivity contribution >= 4 is 5.97 Å². The van der Waals surface area contributed by atoms with Crippen molar-refractivity contribution in [2.75, 3.05) is 7.11 Å². The Morgan fingerprint density at radius 3 is 1.47 bits per heavy atom. The number of nitrogens with zero attached hydrogens (tertiary/aromatic N) is 1. The maximum atomic E-state index is 12.1. The van der Waals surface area contributed by atoms with Gasteiger partial charge in [-0.25, -0.2) is 4.79 Å². The van der Waals surface area contributed by atoms with Gasteiger partial charge in [-0.2, -0.15) is 0 Å². The molecule has 0 aromatic carbocycles. The van der Waals surface area contributed by atoms with E-state index in [0.29, 0.717) is 0 Å². The van der Waals surface area contributed by atoms with E-state index in [0.717, 1.165) is 12.8 Å². The number of hydrogen-bond donors (Lipinski definition) is 0. The minimum absolute atomic E-state index is 0.104. The molecule has 0 unspecified atom stereocenters. The molecule has 0 N–H and O–H groups in total. The third-order valence-electron chi connectivity index (χ3n) is 4.16. The predicted octanol–water partition coefficient (Wildman–Crippen LogP) is 2.16. The number of ether oxygens (including phenoxy) is 1. The molecule has 1 heterocycles. The van der Waals surface area contributed by atoms with E-state index >= 15 is 0 Å². The first kappa shape index (κ1) is 25.9. The van der Waals surface area contributed by atoms with Crippen molar-refractivity contribution < 1.29 is 14.4 Å². The molecule has 0 aromatic rings. The molecule has 1 aliphatic heterocycles. The molecule has 1 saturated heterocycles. The summed E-state index contributed by atoms with van der Waals surface area (Å²) in [6.07, 6.45) is 1.58. The Balaban J connectivity index is 2.63. The molecule has 4 heteroatoms. The van der Waals surface area contributed by atoms with E-state index in [1.54, 1.807) is 19.1 Å². The lowest BCUT2D eigenvalue weighted by Crippen LogP contribution is -2.62. The van der Waals surface area contributed by atoms with Crippen molar-refractivity contribution in [1.82, 2.24) is 5.06 Å². The summed E-state index contributed by atoms with van der Waals surface area (Å²) in [7, 11) is 1.70. The lowest BCUT2D eigenvalue weighted by atomic mass is 9.80. The molecule has 4 nitrogen and oxygen atoms in total. The van der Waals surface area contributed by atoms with Crippen molar-refractivity contribution in [2.45, 2.75) is 64.6 Å². The van der Waals surface area contributed by atoms with Crippen LogP contribution in [0.3, 0.4) is 0 Å². The molecule has 0 atom stereocenters. The number of carbonyl (C=O) groups excluding carboxylic acids is 1. The molecule has 0 amide bonds. The van der Waals surface area contributed by atoms with Gasteiger partial charge in [-0.3, -0.25) is 0 Å². The van der Waals surface area contributed by atoms with Gasteiger partial charge in [0.2, 0.25) is 0 Å². The summed E-state index contributed by atoms with van der Waals surface area (Å²) in [5.74, 6) is 39.4. The van der Waals surface area contributed by atoms with Crippen LogP contribution in [0.5, 0.6) is 0 Å². The summed E-state index contributed by atoms with van der Waals surface area (Å²) in [6.45, 7) is 9.71. The zero-order chi connectivity index (χ0) is 23.9. The molecule has 32 heavy (non-hydrogen) atoms. The van der Waals surface area contributed by atoms with E-state index in [2.05, 4.69) is 94.7 Å². The molecular weight excluding hydrogens is 398 g/mol. The molecule has 0 spiro atoms. The van der Waals surface area contributed by atoms with Crippen molar-refractivity contribution in [1.29, 1.82) is 0 Å². The zero-order valence-electron chi connectivity index (χ0n) is 19.2. The first-order valence-electron chi connectivity index (χ1n) is 9.71. The highest BCUT2D eigenvalue weighted by Gasteiger charge is 2.48. The fourth-order valence-electron chi connectivity index (χ4n) is 3.21. The number of hydroxylamine groups is 2. The van der Waals surface area contributed by atoms with Crippen LogP contribution in [-0.4, -0.2) is 35.3 Å². The standard InChI is InChI=1S/C28H23NO3/c1-7-8-9-10-11-12-13-14-15-16-17-18-19-20-21-22-26(30)32-29-27(2,3)23-25(31-6)24-28(29,4)5/h25H,23-24H2,1-6H3. The van der Waals surface area contributed by atoms with E-state index in [1.165, 1.54) is 0 Å². The van der Waals surface area contributed by atoms with Crippen molar-refractivity contribution in [3.05, 3.63) is 0 Å². The first-order valence-corrected chi connectivity index (χ1v) is 9.71. The number of hydrogen-bond acceptors (Lipinski definition) is 4. The van der Waals surface area contributed by atoms with Crippen LogP contribution >= 0.6 is 0 Å². The Labute approximate surface area is 192 Å². The first-order chi connectivity index (χ1) is 15.2. The Kier molecular flexibility index (Phi) is 10.7. The fraction of sp³-hybridized carbons (Fsp3) is 0.393. The maximum Gasteiger partial charge on any atom is 0.404 e. The smallest absolute Gasteiger partial charge is 0.381 e. The average Bonchev–Trinajstić information content (AvgIpc) is 2.73. The Morgan fingerprint density at radius 1 is 0.719 bits per heavy atom. The van der Waals surface area contributed by atoms with Gasteiger partial charge in [0.15, 0.2) is 0 Å². The molecule has 0 bridgehead atoms. The third kappa shape index (κ3) is 9.58. The zero-order valence-corrected chi connectivity index (χ0v) is 19.2. The van der Waals surface area contributed by atoms with Crippen molar-refractivity contribution in [3.8, 4) is 94.7 Å². The van der Waals surface area contributed by atoms with Gasteiger partial charge in [-0.05, 0) is 130 Å². The lowest BCUT2D eigenvalue weighted by Gasteiger charge is -2.52. The van der Waals surface area contributed by atoms with Crippen LogP contribution in [-0.2, 0) is 14.4 Å². The van der Waals surface area contributed by atoms with E-state index in [4.69, 9.17) is 9.57 Å². The summed E-state index contributed by atoms with van der Waals surface area (Å²) in [5, 5.41) is 1.70. The Morgan fingerprint density at radius 2 is 1.09 bits per heavy atom. The molecule has 1 aliphatic rings. The van der Waals surface area contributed by atoms with Crippen LogP contribution in [0.25, 0.3) is 0 Å². The third-order valence-corrected chi connectivity index (χ3v) is 4.16. The SMILES string of the molecule is CC#CC#CC#CC#CC#CC#CC#CC#CC(=O)ON1C(C)(C)CC(OC)CC1(C)C. The van der Waals surface area contributed by atoms with Crippen LogP contribution < -0.4 is 0 Å². The van der Waals surface area contributed by atoms with Crippen LogP contribution in [0.1, 0.15) is 47.5 Å². The van der Waals surface area contributed by atoms with Crippen molar-refractivity contribution in [3.63, 3.8) is 0 Å². The highest BCUT2D eigenvalue weighted by molar-refractivity contribution is 5.89. The highest BCUT2D eigenvalue weighted by Crippen LogP contribution is 2.39. The maximum absolute atomic E-state index is 12.1. The van der Waals surface area contributed by atoms with E-state index < -0.39 is 5.97 Å². The minimum Gasteiger partial charge on any atom is -0.381 e. The van der Waals surface area contributed by atoms with Gasteiger partial charge in [0.05, 0.1) is 17.2 Å². The normalized spacial score (nSPS) is 14.7. The predicted molar refractivity (Wildman–Crippen MR) is 124 cm³/mol. The van der Waals surface area contributed by atoms with Gasteiger partial charge >= 0.3 is 5.97 Å². The Hall–Kier alpha value is -4.13. The second-order valence-corrected chi connectivity index (χ2v) is 7.69. The highest BCUT2D eigenvalue weighted by atomic mass is 16.7. The number of rotatable bonds is 2. The van der Waals surface area contributed by atoms with Crippen LogP contribution in [0.15, 0.2) is 0 Å². The molecule has 0 saturated carbocycles. The van der Waals surface area contributed by atoms with E-state index in [1.807, 2.05) is 27.7 Å². The fourth-order valence-corrected chi connectivity index (χ4v) is 3.21. The van der Waals surface area contributed by atoms with Crippen molar-refractivity contribution in [2.24, 2.45) is 0 Å². The number of carbonyl (C=O) groups is 1. The molecule has 0 radical (unpaired) electrons. The Bertz CT molecular complexity index is 1210. The van der Waals surface area contributed by atoms with Gasteiger partial charge in [-0.15, -0.1) is 5.06 Å². The van der Waals surface area contributed by atoms with Gasteiger partial charge in [-0.1, -0.05) is 5.92 Å². The second kappa shape index (κ2) is 13.2. The quantitative estimate of drug-likeness (QED) is 0.641. The number of methoxy groups -OCH3 is 1. The van der Waals surface area contributed by atoms with Crippen LogP contribution in [0.2, 0.25) is 0 Å². The molecule has 0 aliphatic carbocycles. The van der Waals surface area contributed by atoms with E-state index in [-0.39, 0.29) is 17.2 Å². The molecule has 1 fully saturated rings. The molecular formula is C28H23NO3. The van der Waals surface area contributed by atoms with Gasteiger partial charge in [0, 0.05) is 13.0 Å². The summed E-state index contributed by atoms with van der Waals surface area (Å²) in [6, 6.07) is 0. The average molecular weight is 421 g/mol. The largest absolute Gasteiger partial charge is 0.404 e. The van der Waals surface area contributed by atoms with Gasteiger partial charge in [0.25, 0.3) is 0 Å². The summed E-state index contributed by atoms with van der Waals surface area (Å²) >= 11 is 0. The lowest BCUT2D eigenvalue weighted by molar-refractivity contribution is -0.273. The number of piperidine rings is 1. The van der Waals surface area contributed by atoms with Gasteiger partial charge in [0.1, 0.15) is 0 Å². The van der Waals surface area contributed by atoms with Crippen LogP contribution in [0.4, 0.5) is 0 Å². The molecule has 0 aromatic heterocycles. The minimum atomic E-state index is -0.674.